The Labute approximate surface area is 173 Å². The van der Waals surface area contributed by atoms with Crippen molar-refractivity contribution in [3.63, 3.8) is 0 Å². The molecule has 0 aromatic heterocycles. The Kier molecular flexibility index (Phi) is 4.72. The largest absolute Gasteiger partial charge is 0.508 e. The van der Waals surface area contributed by atoms with Gasteiger partial charge in [-0.2, -0.15) is 0 Å². The van der Waals surface area contributed by atoms with Gasteiger partial charge in [0.2, 0.25) is 0 Å². The van der Waals surface area contributed by atoms with Crippen LogP contribution in [0.1, 0.15) is 22.3 Å². The van der Waals surface area contributed by atoms with E-state index in [1.807, 2.05) is 0 Å². The topological polar surface area (TPSA) is 101 Å². The minimum Gasteiger partial charge on any atom is -0.508 e. The van der Waals surface area contributed by atoms with Crippen LogP contribution < -0.4 is 0 Å². The quantitative estimate of drug-likeness (QED) is 0.322. The molecule has 0 atom stereocenters. The van der Waals surface area contributed by atoms with E-state index in [1.165, 1.54) is 12.1 Å². The normalized spacial score (nSPS) is 11.3. The maximum atomic E-state index is 10.9. The van der Waals surface area contributed by atoms with Crippen LogP contribution in [0.3, 0.4) is 0 Å². The molecular weight excluding hydrogens is 380 g/mol. The minimum absolute atomic E-state index is 0.0766. The Morgan fingerprint density at radius 3 is 1.07 bits per heavy atom. The second-order valence-electron chi connectivity index (χ2n) is 7.09. The summed E-state index contributed by atoms with van der Waals surface area (Å²) < 4.78 is 0. The zero-order valence-corrected chi connectivity index (χ0v) is 15.9. The molecule has 4 aromatic rings. The third-order valence-corrected chi connectivity index (χ3v) is 5.29. The van der Waals surface area contributed by atoms with Crippen molar-refractivity contribution in [3.8, 4) is 28.7 Å². The number of benzene rings is 4. The molecule has 0 fully saturated rings. The molecule has 0 amide bonds. The summed E-state index contributed by atoms with van der Waals surface area (Å²) in [5, 5.41) is 50.3. The molecule has 30 heavy (non-hydrogen) atoms. The molecule has 5 N–H and O–H groups in total. The SMILES string of the molecule is Oc1ccc(C(c2ccc(O)cc2)(c2ccc(O)cc2)c2ccc(O)cc2O)cc1. The van der Waals surface area contributed by atoms with Gasteiger partial charge >= 0.3 is 0 Å². The first-order chi connectivity index (χ1) is 14.4. The Bertz CT molecular complexity index is 1050. The minimum atomic E-state index is -1.06. The number of phenolic OH excluding ortho intramolecular Hbond substituents is 5. The second kappa shape index (κ2) is 7.37. The van der Waals surface area contributed by atoms with Gasteiger partial charge in [-0.3, -0.25) is 0 Å². The number of phenols is 5. The van der Waals surface area contributed by atoms with Crippen LogP contribution in [-0.2, 0) is 5.41 Å². The lowest BCUT2D eigenvalue weighted by Crippen LogP contribution is -2.31. The fourth-order valence-electron chi connectivity index (χ4n) is 3.94. The summed E-state index contributed by atoms with van der Waals surface area (Å²) in [5.41, 5.74) is 1.63. The van der Waals surface area contributed by atoms with E-state index in [9.17, 15) is 25.5 Å². The summed E-state index contributed by atoms with van der Waals surface area (Å²) in [5.74, 6) is 0.0912. The van der Waals surface area contributed by atoms with E-state index in [-0.39, 0.29) is 28.7 Å². The van der Waals surface area contributed by atoms with E-state index in [0.717, 1.165) is 16.7 Å². The van der Waals surface area contributed by atoms with Crippen molar-refractivity contribution >= 4 is 0 Å². The first-order valence-corrected chi connectivity index (χ1v) is 9.32. The fraction of sp³-hybridized carbons (Fsp3) is 0.0400. The van der Waals surface area contributed by atoms with Gasteiger partial charge in [0.15, 0.2) is 0 Å². The maximum Gasteiger partial charge on any atom is 0.124 e. The highest BCUT2D eigenvalue weighted by Gasteiger charge is 2.40. The average molecular weight is 400 g/mol. The second-order valence-corrected chi connectivity index (χ2v) is 7.09. The monoisotopic (exact) mass is 400 g/mol. The van der Waals surface area contributed by atoms with Gasteiger partial charge in [0.25, 0.3) is 0 Å². The predicted octanol–water partition coefficient (Wildman–Crippen LogP) is 4.60. The molecule has 0 saturated carbocycles. The van der Waals surface area contributed by atoms with Gasteiger partial charge < -0.3 is 25.5 Å². The molecule has 0 spiro atoms. The summed E-state index contributed by atoms with van der Waals surface area (Å²) in [4.78, 5) is 0. The number of aromatic hydroxyl groups is 5. The third-order valence-electron chi connectivity index (χ3n) is 5.29. The highest BCUT2D eigenvalue weighted by Crippen LogP contribution is 2.49. The molecule has 0 bridgehead atoms. The summed E-state index contributed by atoms with van der Waals surface area (Å²) in [6.07, 6.45) is 0. The Hall–Kier alpha value is -4.12. The van der Waals surface area contributed by atoms with Gasteiger partial charge in [-0.25, -0.2) is 0 Å². The van der Waals surface area contributed by atoms with E-state index >= 15 is 0 Å². The number of hydrogen-bond acceptors (Lipinski definition) is 5. The molecule has 0 aliphatic carbocycles. The molecular formula is C25H20O5. The maximum absolute atomic E-state index is 10.9. The van der Waals surface area contributed by atoms with Crippen LogP contribution in [0.5, 0.6) is 28.7 Å². The highest BCUT2D eigenvalue weighted by atomic mass is 16.3. The van der Waals surface area contributed by atoms with Crippen molar-refractivity contribution in [2.75, 3.05) is 0 Å². The molecule has 0 heterocycles. The van der Waals surface area contributed by atoms with E-state index in [2.05, 4.69) is 0 Å². The van der Waals surface area contributed by atoms with Crippen molar-refractivity contribution in [3.05, 3.63) is 113 Å². The van der Waals surface area contributed by atoms with E-state index in [4.69, 9.17) is 0 Å². The molecule has 0 aliphatic heterocycles. The molecule has 5 nitrogen and oxygen atoms in total. The molecule has 0 aliphatic rings. The van der Waals surface area contributed by atoms with E-state index in [1.54, 1.807) is 78.9 Å². The zero-order chi connectivity index (χ0) is 21.3. The van der Waals surface area contributed by atoms with Crippen molar-refractivity contribution in [2.45, 2.75) is 5.41 Å². The van der Waals surface area contributed by atoms with Gasteiger partial charge in [-0.15, -0.1) is 0 Å². The van der Waals surface area contributed by atoms with Crippen molar-refractivity contribution in [1.82, 2.24) is 0 Å². The highest BCUT2D eigenvalue weighted by molar-refractivity contribution is 5.64. The van der Waals surface area contributed by atoms with Gasteiger partial charge in [0.1, 0.15) is 28.7 Å². The van der Waals surface area contributed by atoms with Crippen LogP contribution in [0.2, 0.25) is 0 Å². The fourth-order valence-corrected chi connectivity index (χ4v) is 3.94. The summed E-state index contributed by atoms with van der Waals surface area (Å²) in [6.45, 7) is 0. The zero-order valence-electron chi connectivity index (χ0n) is 15.9. The summed E-state index contributed by atoms with van der Waals surface area (Å²) in [7, 11) is 0. The summed E-state index contributed by atoms with van der Waals surface area (Å²) in [6, 6.07) is 24.3. The standard InChI is InChI=1S/C25H20O5/c26-19-7-1-16(2-8-19)25(17-3-9-20(27)10-4-17,18-5-11-21(28)12-6-18)23-14-13-22(29)15-24(23)30/h1-15,26-30H. The lowest BCUT2D eigenvalue weighted by Gasteiger charge is -2.37. The van der Waals surface area contributed by atoms with E-state index in [0.29, 0.717) is 5.56 Å². The first-order valence-electron chi connectivity index (χ1n) is 9.32. The van der Waals surface area contributed by atoms with Gasteiger partial charge in [0, 0.05) is 11.6 Å². The van der Waals surface area contributed by atoms with Crippen LogP contribution in [0.15, 0.2) is 91.0 Å². The van der Waals surface area contributed by atoms with Crippen LogP contribution in [0.25, 0.3) is 0 Å². The van der Waals surface area contributed by atoms with Crippen molar-refractivity contribution in [1.29, 1.82) is 0 Å². The van der Waals surface area contributed by atoms with Crippen LogP contribution in [0.4, 0.5) is 0 Å². The van der Waals surface area contributed by atoms with Crippen molar-refractivity contribution in [2.24, 2.45) is 0 Å². The molecule has 5 heteroatoms. The van der Waals surface area contributed by atoms with Crippen molar-refractivity contribution < 1.29 is 25.5 Å². The molecule has 4 rings (SSSR count). The molecule has 0 saturated heterocycles. The number of hydrogen-bond donors (Lipinski definition) is 5. The first kappa shape index (κ1) is 19.2. The van der Waals surface area contributed by atoms with Gasteiger partial charge in [-0.05, 0) is 59.2 Å². The Morgan fingerprint density at radius 2 is 0.733 bits per heavy atom. The molecule has 150 valence electrons. The average Bonchev–Trinajstić information content (AvgIpc) is 2.73. The molecule has 0 unspecified atom stereocenters. The Morgan fingerprint density at radius 1 is 0.400 bits per heavy atom. The Balaban J connectivity index is 2.16. The van der Waals surface area contributed by atoms with Crippen LogP contribution in [-0.4, -0.2) is 25.5 Å². The van der Waals surface area contributed by atoms with Crippen LogP contribution in [0, 0.1) is 0 Å². The lowest BCUT2D eigenvalue weighted by molar-refractivity contribution is 0.441. The third kappa shape index (κ3) is 3.16. The number of rotatable bonds is 4. The van der Waals surface area contributed by atoms with Gasteiger partial charge in [0.05, 0.1) is 5.41 Å². The van der Waals surface area contributed by atoms with E-state index < -0.39 is 5.41 Å². The molecule has 0 radical (unpaired) electrons. The lowest BCUT2D eigenvalue weighted by atomic mass is 9.65. The predicted molar refractivity (Wildman–Crippen MR) is 113 cm³/mol. The smallest absolute Gasteiger partial charge is 0.124 e. The van der Waals surface area contributed by atoms with Crippen LogP contribution >= 0.6 is 0 Å². The summed E-state index contributed by atoms with van der Waals surface area (Å²) >= 11 is 0. The van der Waals surface area contributed by atoms with Gasteiger partial charge in [-0.1, -0.05) is 42.5 Å². The molecule has 4 aromatic carbocycles.